The summed E-state index contributed by atoms with van der Waals surface area (Å²) in [6.45, 7) is 4.19. The number of carbonyl (C=O) groups is 3. The van der Waals surface area contributed by atoms with Crippen LogP contribution >= 0.6 is 0 Å². The summed E-state index contributed by atoms with van der Waals surface area (Å²) < 4.78 is 0. The Morgan fingerprint density at radius 1 is 1.08 bits per heavy atom. The lowest BCUT2D eigenvalue weighted by Crippen LogP contribution is -2.50. The van der Waals surface area contributed by atoms with Gasteiger partial charge in [-0.1, -0.05) is 42.7 Å². The highest BCUT2D eigenvalue weighted by atomic mass is 16.2. The Bertz CT molecular complexity index is 1010. The molecular formula is C27H38N6O3. The van der Waals surface area contributed by atoms with E-state index in [9.17, 15) is 14.4 Å². The summed E-state index contributed by atoms with van der Waals surface area (Å²) in [5.41, 5.74) is 3.16. The second-order valence-corrected chi connectivity index (χ2v) is 10.0. The molecule has 3 atom stereocenters. The van der Waals surface area contributed by atoms with E-state index in [2.05, 4.69) is 25.9 Å². The molecule has 0 spiro atoms. The number of imidazole rings is 1. The number of rotatable bonds is 6. The zero-order valence-electron chi connectivity index (χ0n) is 21.1. The van der Waals surface area contributed by atoms with Crippen molar-refractivity contribution in [2.45, 2.75) is 64.5 Å². The number of hydrogen-bond donors (Lipinski definition) is 4. The number of aryl methyl sites for hydroxylation is 1. The summed E-state index contributed by atoms with van der Waals surface area (Å²) >= 11 is 0. The second-order valence-electron chi connectivity index (χ2n) is 10.0. The van der Waals surface area contributed by atoms with Gasteiger partial charge < -0.3 is 25.8 Å². The van der Waals surface area contributed by atoms with E-state index in [4.69, 9.17) is 0 Å². The third-order valence-corrected chi connectivity index (χ3v) is 7.34. The number of amides is 4. The summed E-state index contributed by atoms with van der Waals surface area (Å²) in [5, 5.41) is 9.12. The first-order valence-corrected chi connectivity index (χ1v) is 13.1. The van der Waals surface area contributed by atoms with Crippen LogP contribution in [0.15, 0.2) is 36.8 Å². The molecule has 9 nitrogen and oxygen atoms in total. The molecule has 194 valence electrons. The molecule has 4 amide bonds. The molecule has 3 unspecified atom stereocenters. The summed E-state index contributed by atoms with van der Waals surface area (Å²) in [6, 6.07) is 7.61. The van der Waals surface area contributed by atoms with E-state index >= 15 is 0 Å². The molecule has 2 aliphatic rings. The van der Waals surface area contributed by atoms with Gasteiger partial charge in [-0.3, -0.25) is 9.59 Å². The van der Waals surface area contributed by atoms with Gasteiger partial charge in [0, 0.05) is 56.5 Å². The molecular weight excluding hydrogens is 456 g/mol. The van der Waals surface area contributed by atoms with Gasteiger partial charge >= 0.3 is 6.03 Å². The number of urea groups is 1. The highest BCUT2D eigenvalue weighted by Crippen LogP contribution is 2.36. The maximum atomic E-state index is 13.4. The van der Waals surface area contributed by atoms with Gasteiger partial charge in [-0.15, -0.1) is 0 Å². The van der Waals surface area contributed by atoms with Crippen LogP contribution in [0.2, 0.25) is 0 Å². The molecule has 1 aliphatic heterocycles. The number of aromatic amines is 1. The van der Waals surface area contributed by atoms with Gasteiger partial charge in [0.05, 0.1) is 12.2 Å². The molecule has 1 saturated carbocycles. The van der Waals surface area contributed by atoms with Crippen molar-refractivity contribution in [1.82, 2.24) is 30.8 Å². The van der Waals surface area contributed by atoms with Gasteiger partial charge in [0.25, 0.3) is 0 Å². The van der Waals surface area contributed by atoms with Crippen LogP contribution in [0.4, 0.5) is 4.79 Å². The summed E-state index contributed by atoms with van der Waals surface area (Å²) in [5.74, 6) is -0.799. The quantitative estimate of drug-likeness (QED) is 0.494. The van der Waals surface area contributed by atoms with Gasteiger partial charge in [-0.2, -0.15) is 0 Å². The van der Waals surface area contributed by atoms with Crippen LogP contribution in [0.25, 0.3) is 0 Å². The van der Waals surface area contributed by atoms with Crippen molar-refractivity contribution in [2.75, 3.05) is 19.6 Å². The van der Waals surface area contributed by atoms with Crippen molar-refractivity contribution >= 4 is 17.8 Å². The maximum absolute atomic E-state index is 13.4. The largest absolute Gasteiger partial charge is 0.356 e. The lowest BCUT2D eigenvalue weighted by Gasteiger charge is -2.32. The Kier molecular flexibility index (Phi) is 8.97. The molecule has 9 heteroatoms. The molecule has 1 saturated heterocycles. The van der Waals surface area contributed by atoms with E-state index in [1.54, 1.807) is 12.5 Å². The second kappa shape index (κ2) is 12.6. The molecule has 0 radical (unpaired) electrons. The first-order chi connectivity index (χ1) is 17.5. The smallest absolute Gasteiger partial charge is 0.317 e. The van der Waals surface area contributed by atoms with Crippen molar-refractivity contribution in [3.63, 3.8) is 0 Å². The summed E-state index contributed by atoms with van der Waals surface area (Å²) in [7, 11) is 0. The van der Waals surface area contributed by atoms with Crippen LogP contribution in [0.3, 0.4) is 0 Å². The minimum Gasteiger partial charge on any atom is -0.356 e. The number of nitrogens with one attached hydrogen (secondary N) is 4. The Morgan fingerprint density at radius 2 is 1.89 bits per heavy atom. The van der Waals surface area contributed by atoms with Crippen molar-refractivity contribution in [3.05, 3.63) is 53.6 Å². The fourth-order valence-corrected chi connectivity index (χ4v) is 5.25. The maximum Gasteiger partial charge on any atom is 0.317 e. The molecule has 2 fully saturated rings. The third kappa shape index (κ3) is 6.86. The molecule has 2 heterocycles. The molecule has 36 heavy (non-hydrogen) atoms. The van der Waals surface area contributed by atoms with E-state index < -0.39 is 5.92 Å². The minimum atomic E-state index is -0.392. The average Bonchev–Trinajstić information content (AvgIpc) is 3.55. The van der Waals surface area contributed by atoms with Gasteiger partial charge in [0.1, 0.15) is 0 Å². The Morgan fingerprint density at radius 3 is 2.67 bits per heavy atom. The van der Waals surface area contributed by atoms with Crippen LogP contribution in [0.1, 0.15) is 55.3 Å². The number of carbonyl (C=O) groups excluding carboxylic acids is 3. The van der Waals surface area contributed by atoms with Crippen molar-refractivity contribution in [1.29, 1.82) is 0 Å². The van der Waals surface area contributed by atoms with Crippen LogP contribution in [0, 0.1) is 18.8 Å². The predicted molar refractivity (Wildman–Crippen MR) is 137 cm³/mol. The lowest BCUT2D eigenvalue weighted by molar-refractivity contribution is -0.126. The Hall–Kier alpha value is -3.36. The SMILES string of the molecule is Cc1ccc(CNC(=O)N2CCCCCCNC(=O)C3CC(C(=O)NCCc4cnc[nH]4)CC32)cc1. The van der Waals surface area contributed by atoms with Crippen molar-refractivity contribution < 1.29 is 14.4 Å². The minimum absolute atomic E-state index is 0.0500. The van der Waals surface area contributed by atoms with Crippen LogP contribution < -0.4 is 16.0 Å². The average molecular weight is 495 g/mol. The van der Waals surface area contributed by atoms with Gasteiger partial charge in [-0.05, 0) is 38.2 Å². The normalized spacial score (nSPS) is 22.8. The molecule has 0 bridgehead atoms. The lowest BCUT2D eigenvalue weighted by atomic mass is 10.0. The van der Waals surface area contributed by atoms with Crippen LogP contribution in [0.5, 0.6) is 0 Å². The standard InChI is InChI=1S/C27H38N6O3/c1-19-6-8-20(9-7-19)16-31-27(36)33-13-5-3-2-4-11-29-26(35)23-14-21(15-24(23)33)25(34)30-12-10-22-17-28-18-32-22/h6-9,17-18,21,23-24H,2-5,10-16H2,1H3,(H,28,32)(H,29,35)(H,30,34)(H,31,36). The topological polar surface area (TPSA) is 119 Å². The van der Waals surface area contributed by atoms with E-state index in [1.807, 2.05) is 36.1 Å². The highest BCUT2D eigenvalue weighted by molar-refractivity contribution is 5.85. The van der Waals surface area contributed by atoms with E-state index in [0.29, 0.717) is 45.4 Å². The van der Waals surface area contributed by atoms with E-state index in [1.165, 1.54) is 5.56 Å². The first kappa shape index (κ1) is 25.7. The molecule has 4 rings (SSSR count). The zero-order chi connectivity index (χ0) is 25.3. The Labute approximate surface area is 212 Å². The summed E-state index contributed by atoms with van der Waals surface area (Å²) in [4.78, 5) is 48.4. The monoisotopic (exact) mass is 494 g/mol. The number of aromatic nitrogens is 2. The van der Waals surface area contributed by atoms with E-state index in [0.717, 1.165) is 36.9 Å². The number of H-pyrrole nitrogens is 1. The molecule has 1 aliphatic carbocycles. The van der Waals surface area contributed by atoms with E-state index in [-0.39, 0.29) is 29.8 Å². The highest BCUT2D eigenvalue weighted by Gasteiger charge is 2.45. The van der Waals surface area contributed by atoms with Gasteiger partial charge in [0.2, 0.25) is 11.8 Å². The fourth-order valence-electron chi connectivity index (χ4n) is 5.25. The van der Waals surface area contributed by atoms with Crippen LogP contribution in [-0.4, -0.2) is 58.4 Å². The molecule has 1 aromatic heterocycles. The number of fused-ring (bicyclic) bond motifs is 1. The molecule has 1 aromatic carbocycles. The zero-order valence-corrected chi connectivity index (χ0v) is 21.1. The van der Waals surface area contributed by atoms with Crippen molar-refractivity contribution in [3.8, 4) is 0 Å². The van der Waals surface area contributed by atoms with Crippen LogP contribution in [-0.2, 0) is 22.6 Å². The number of nitrogens with zero attached hydrogens (tertiary/aromatic N) is 2. The summed E-state index contributed by atoms with van der Waals surface area (Å²) in [6.07, 6.45) is 8.82. The molecule has 2 aromatic rings. The molecule has 4 N–H and O–H groups in total. The third-order valence-electron chi connectivity index (χ3n) is 7.34. The first-order valence-electron chi connectivity index (χ1n) is 13.1. The number of benzene rings is 1. The van der Waals surface area contributed by atoms with Gasteiger partial charge in [-0.25, -0.2) is 9.78 Å². The predicted octanol–water partition coefficient (Wildman–Crippen LogP) is 2.67. The van der Waals surface area contributed by atoms with Crippen molar-refractivity contribution in [2.24, 2.45) is 11.8 Å². The Balaban J connectivity index is 1.43. The van der Waals surface area contributed by atoms with Gasteiger partial charge in [0.15, 0.2) is 0 Å². The number of hydrogen-bond acceptors (Lipinski definition) is 4. The fraction of sp³-hybridized carbons (Fsp3) is 0.556.